The smallest absolute Gasteiger partial charge is 0.408 e. The van der Waals surface area contributed by atoms with Crippen LogP contribution in [0.2, 0.25) is 0 Å². The third-order valence-electron chi connectivity index (χ3n) is 1.77. The molecule has 1 N–H and O–H groups in total. The SMILES string of the molecule is CC.CCN1CCN(C(=O)O)C1. The van der Waals surface area contributed by atoms with Crippen LogP contribution in [0.1, 0.15) is 20.8 Å². The van der Waals surface area contributed by atoms with E-state index in [0.717, 1.165) is 13.1 Å². The van der Waals surface area contributed by atoms with Crippen molar-refractivity contribution < 1.29 is 9.90 Å². The molecule has 0 unspecified atom stereocenters. The maximum absolute atomic E-state index is 10.4. The predicted molar refractivity (Wildman–Crippen MR) is 48.2 cm³/mol. The Morgan fingerprint density at radius 1 is 1.42 bits per heavy atom. The molecule has 4 heteroatoms. The number of nitrogens with zero attached hydrogens (tertiary/aromatic N) is 2. The van der Waals surface area contributed by atoms with E-state index in [4.69, 9.17) is 5.11 Å². The van der Waals surface area contributed by atoms with Crippen molar-refractivity contribution in [3.05, 3.63) is 0 Å². The summed E-state index contributed by atoms with van der Waals surface area (Å²) in [6.45, 7) is 9.08. The summed E-state index contributed by atoms with van der Waals surface area (Å²) in [5.41, 5.74) is 0. The summed E-state index contributed by atoms with van der Waals surface area (Å²) in [5.74, 6) is 0. The van der Waals surface area contributed by atoms with Crippen LogP contribution in [0.15, 0.2) is 0 Å². The Kier molecular flexibility index (Phi) is 5.45. The van der Waals surface area contributed by atoms with Crippen LogP contribution < -0.4 is 0 Å². The van der Waals surface area contributed by atoms with Gasteiger partial charge in [0.1, 0.15) is 0 Å². The summed E-state index contributed by atoms with van der Waals surface area (Å²) >= 11 is 0. The molecule has 0 bridgehead atoms. The van der Waals surface area contributed by atoms with Crippen LogP contribution in [-0.2, 0) is 0 Å². The van der Waals surface area contributed by atoms with Gasteiger partial charge in [0.05, 0.1) is 6.67 Å². The first kappa shape index (κ1) is 11.2. The summed E-state index contributed by atoms with van der Waals surface area (Å²) < 4.78 is 0. The second-order valence-electron chi connectivity index (χ2n) is 2.40. The highest BCUT2D eigenvalue weighted by atomic mass is 16.4. The average molecular weight is 174 g/mol. The molecule has 1 saturated heterocycles. The van der Waals surface area contributed by atoms with E-state index in [1.165, 1.54) is 4.90 Å². The third-order valence-corrected chi connectivity index (χ3v) is 1.77. The molecular formula is C8H18N2O2. The summed E-state index contributed by atoms with van der Waals surface area (Å²) in [6.07, 6.45) is -0.809. The highest BCUT2D eigenvalue weighted by Gasteiger charge is 2.21. The number of hydrogen-bond acceptors (Lipinski definition) is 2. The molecule has 12 heavy (non-hydrogen) atoms. The highest BCUT2D eigenvalue weighted by Crippen LogP contribution is 2.03. The first-order chi connectivity index (χ1) is 5.74. The van der Waals surface area contributed by atoms with Crippen molar-refractivity contribution in [2.45, 2.75) is 20.8 Å². The van der Waals surface area contributed by atoms with Gasteiger partial charge in [-0.15, -0.1) is 0 Å². The molecule has 0 aliphatic carbocycles. The molecule has 1 aliphatic rings. The summed E-state index contributed by atoms with van der Waals surface area (Å²) in [5, 5.41) is 8.53. The van der Waals surface area contributed by atoms with Crippen molar-refractivity contribution >= 4 is 6.09 Å². The molecule has 0 aromatic carbocycles. The molecule has 0 aromatic heterocycles. The molecule has 0 spiro atoms. The van der Waals surface area contributed by atoms with Gasteiger partial charge in [-0.25, -0.2) is 4.79 Å². The van der Waals surface area contributed by atoms with Gasteiger partial charge in [-0.1, -0.05) is 20.8 Å². The zero-order chi connectivity index (χ0) is 9.56. The standard InChI is InChI=1S/C6H12N2O2.C2H6/c1-2-7-3-4-8(5-7)6(9)10;1-2/h2-5H2,1H3,(H,9,10);1-2H3. The number of likely N-dealkylation sites (N-methyl/N-ethyl adjacent to an activating group) is 1. The molecule has 1 aliphatic heterocycles. The topological polar surface area (TPSA) is 43.8 Å². The lowest BCUT2D eigenvalue weighted by atomic mass is 10.6. The fourth-order valence-corrected chi connectivity index (χ4v) is 1.06. The molecule has 1 rings (SSSR count). The Hall–Kier alpha value is -0.770. The summed E-state index contributed by atoms with van der Waals surface area (Å²) in [7, 11) is 0. The maximum atomic E-state index is 10.4. The average Bonchev–Trinajstić information content (AvgIpc) is 2.55. The van der Waals surface area contributed by atoms with Gasteiger partial charge in [0.15, 0.2) is 0 Å². The number of rotatable bonds is 1. The van der Waals surface area contributed by atoms with Crippen molar-refractivity contribution in [2.75, 3.05) is 26.3 Å². The van der Waals surface area contributed by atoms with Crippen LogP contribution in [0.3, 0.4) is 0 Å². The molecule has 1 heterocycles. The van der Waals surface area contributed by atoms with Crippen LogP contribution in [-0.4, -0.2) is 47.3 Å². The molecule has 1 fully saturated rings. The van der Waals surface area contributed by atoms with Gasteiger partial charge >= 0.3 is 6.09 Å². The maximum Gasteiger partial charge on any atom is 0.408 e. The minimum atomic E-state index is -0.809. The highest BCUT2D eigenvalue weighted by molar-refractivity contribution is 5.65. The Balaban J connectivity index is 0.000000561. The second kappa shape index (κ2) is 5.83. The van der Waals surface area contributed by atoms with Gasteiger partial charge in [-0.2, -0.15) is 0 Å². The van der Waals surface area contributed by atoms with Crippen molar-refractivity contribution in [3.63, 3.8) is 0 Å². The first-order valence-electron chi connectivity index (χ1n) is 4.44. The number of amides is 1. The lowest BCUT2D eigenvalue weighted by molar-refractivity contribution is 0.147. The van der Waals surface area contributed by atoms with Crippen molar-refractivity contribution in [1.29, 1.82) is 0 Å². The van der Waals surface area contributed by atoms with Crippen molar-refractivity contribution in [2.24, 2.45) is 0 Å². The van der Waals surface area contributed by atoms with Crippen LogP contribution in [0.4, 0.5) is 4.79 Å². The zero-order valence-electron chi connectivity index (χ0n) is 8.08. The molecular weight excluding hydrogens is 156 g/mol. The first-order valence-corrected chi connectivity index (χ1v) is 4.44. The molecule has 0 radical (unpaired) electrons. The number of hydrogen-bond donors (Lipinski definition) is 1. The Bertz CT molecular complexity index is 139. The van der Waals surface area contributed by atoms with E-state index in [0.29, 0.717) is 13.2 Å². The van der Waals surface area contributed by atoms with Crippen LogP contribution in [0.5, 0.6) is 0 Å². The van der Waals surface area contributed by atoms with E-state index < -0.39 is 6.09 Å². The van der Waals surface area contributed by atoms with E-state index in [2.05, 4.69) is 4.90 Å². The normalized spacial score (nSPS) is 17.1. The van der Waals surface area contributed by atoms with E-state index in [1.807, 2.05) is 20.8 Å². The molecule has 72 valence electrons. The van der Waals surface area contributed by atoms with Gasteiger partial charge in [0, 0.05) is 13.1 Å². The Labute approximate surface area is 73.8 Å². The Morgan fingerprint density at radius 2 is 2.00 bits per heavy atom. The lowest BCUT2D eigenvalue weighted by Gasteiger charge is -2.12. The van der Waals surface area contributed by atoms with Gasteiger partial charge in [0.2, 0.25) is 0 Å². The molecule has 0 aromatic rings. The quantitative estimate of drug-likeness (QED) is 0.651. The minimum Gasteiger partial charge on any atom is -0.465 e. The van der Waals surface area contributed by atoms with Crippen molar-refractivity contribution in [3.8, 4) is 0 Å². The summed E-state index contributed by atoms with van der Waals surface area (Å²) in [6, 6.07) is 0. The second-order valence-corrected chi connectivity index (χ2v) is 2.40. The molecule has 0 saturated carbocycles. The molecule has 0 atom stereocenters. The predicted octanol–water partition coefficient (Wildman–Crippen LogP) is 1.29. The van der Waals surface area contributed by atoms with Crippen LogP contribution in [0, 0.1) is 0 Å². The van der Waals surface area contributed by atoms with E-state index in [-0.39, 0.29) is 0 Å². The van der Waals surface area contributed by atoms with Gasteiger partial charge in [0.25, 0.3) is 0 Å². The molecule has 1 amide bonds. The largest absolute Gasteiger partial charge is 0.465 e. The fourth-order valence-electron chi connectivity index (χ4n) is 1.06. The van der Waals surface area contributed by atoms with Crippen molar-refractivity contribution in [1.82, 2.24) is 9.80 Å². The van der Waals surface area contributed by atoms with Gasteiger partial charge in [-0.3, -0.25) is 9.80 Å². The molecule has 4 nitrogen and oxygen atoms in total. The third kappa shape index (κ3) is 3.09. The van der Waals surface area contributed by atoms with E-state index in [1.54, 1.807) is 0 Å². The van der Waals surface area contributed by atoms with Crippen LogP contribution in [0.25, 0.3) is 0 Å². The monoisotopic (exact) mass is 174 g/mol. The van der Waals surface area contributed by atoms with Crippen LogP contribution >= 0.6 is 0 Å². The lowest BCUT2D eigenvalue weighted by Crippen LogP contribution is -2.29. The zero-order valence-corrected chi connectivity index (χ0v) is 8.08. The Morgan fingerprint density at radius 3 is 2.25 bits per heavy atom. The van der Waals surface area contributed by atoms with E-state index >= 15 is 0 Å². The van der Waals surface area contributed by atoms with Gasteiger partial charge in [-0.05, 0) is 6.54 Å². The summed E-state index contributed by atoms with van der Waals surface area (Å²) in [4.78, 5) is 13.9. The fraction of sp³-hybridized carbons (Fsp3) is 0.875. The van der Waals surface area contributed by atoms with Gasteiger partial charge < -0.3 is 5.11 Å². The minimum absolute atomic E-state index is 0.575. The van der Waals surface area contributed by atoms with E-state index in [9.17, 15) is 4.79 Å². The number of carboxylic acid groups (broad SMARTS) is 1. The number of carbonyl (C=O) groups is 1.